The van der Waals surface area contributed by atoms with Crippen LogP contribution in [0.1, 0.15) is 27.2 Å². The van der Waals surface area contributed by atoms with Crippen molar-refractivity contribution in [1.29, 1.82) is 0 Å². The highest BCUT2D eigenvalue weighted by Gasteiger charge is 2.41. The number of aromatic carboxylic acids is 1. The van der Waals surface area contributed by atoms with Crippen LogP contribution >= 0.6 is 11.6 Å². The summed E-state index contributed by atoms with van der Waals surface area (Å²) in [5, 5.41) is 13.5. The number of halogens is 4. The van der Waals surface area contributed by atoms with Crippen molar-refractivity contribution in [3.8, 4) is 39.7 Å². The van der Waals surface area contributed by atoms with Gasteiger partial charge in [-0.25, -0.2) is 14.5 Å². The summed E-state index contributed by atoms with van der Waals surface area (Å²) in [5.74, 6) is -0.796. The van der Waals surface area contributed by atoms with Crippen molar-refractivity contribution in [3.05, 3.63) is 112 Å². The summed E-state index contributed by atoms with van der Waals surface area (Å²) in [5.41, 5.74) is 2.19. The van der Waals surface area contributed by atoms with E-state index in [1.807, 2.05) is 37.3 Å². The predicted molar refractivity (Wildman–Crippen MR) is 151 cm³/mol. The number of carboxylic acid groups (broad SMARTS) is 1. The van der Waals surface area contributed by atoms with E-state index >= 15 is 0 Å². The number of carbonyl (C=O) groups is 1. The monoisotopic (exact) mass is 593 g/mol. The Balaban J connectivity index is 1.42. The average Bonchev–Trinajstić information content (AvgIpc) is 3.44. The van der Waals surface area contributed by atoms with Crippen molar-refractivity contribution < 1.29 is 32.5 Å². The standard InChI is InChI=1S/C31H23ClF3N3O4/c1-18-14-19(22-13-12-21(41-2)15-25(22)32)10-11-20(18)17-42-27-8-4-3-6-23(27)26-7-5-9-28(37-26)38-29(31(33,34)35)24(16-36-38)30(39)40/h3-16H,17H2,1-2H3,(H,39,40). The van der Waals surface area contributed by atoms with Gasteiger partial charge in [-0.2, -0.15) is 18.3 Å². The fraction of sp³-hybridized carbons (Fsp3) is 0.129. The summed E-state index contributed by atoms with van der Waals surface area (Å²) in [6.07, 6.45) is -4.30. The minimum absolute atomic E-state index is 0.189. The molecule has 0 saturated heterocycles. The molecule has 0 aliphatic carbocycles. The second-order valence-electron chi connectivity index (χ2n) is 9.27. The van der Waals surface area contributed by atoms with Gasteiger partial charge >= 0.3 is 12.1 Å². The Morgan fingerprint density at radius 2 is 1.79 bits per heavy atom. The number of para-hydroxylation sites is 1. The topological polar surface area (TPSA) is 86.5 Å². The lowest BCUT2D eigenvalue weighted by Gasteiger charge is -2.15. The number of nitrogens with zero attached hydrogens (tertiary/aromatic N) is 3. The van der Waals surface area contributed by atoms with Gasteiger partial charge in [-0.1, -0.05) is 48.0 Å². The Labute approximate surface area is 243 Å². The molecule has 5 aromatic rings. The first kappa shape index (κ1) is 28.7. The molecule has 7 nitrogen and oxygen atoms in total. The zero-order chi connectivity index (χ0) is 30.0. The Morgan fingerprint density at radius 3 is 2.48 bits per heavy atom. The molecular weight excluding hydrogens is 571 g/mol. The SMILES string of the molecule is COc1ccc(-c2ccc(COc3ccccc3-c3cccc(-n4ncc(C(=O)O)c4C(F)(F)F)n3)c(C)c2)c(Cl)c1. The molecule has 1 N–H and O–H groups in total. The lowest BCUT2D eigenvalue weighted by atomic mass is 10.00. The van der Waals surface area contributed by atoms with E-state index in [1.165, 1.54) is 12.1 Å². The number of carboxylic acids is 1. The predicted octanol–water partition coefficient (Wildman–Crippen LogP) is 7.87. The molecule has 0 bridgehead atoms. The van der Waals surface area contributed by atoms with Gasteiger partial charge in [0, 0.05) is 11.1 Å². The summed E-state index contributed by atoms with van der Waals surface area (Å²) in [4.78, 5) is 15.8. The Bertz CT molecular complexity index is 1790. The van der Waals surface area contributed by atoms with E-state index in [2.05, 4.69) is 10.1 Å². The molecule has 0 aliphatic heterocycles. The number of alkyl halides is 3. The van der Waals surface area contributed by atoms with E-state index in [1.54, 1.807) is 43.5 Å². The number of pyridine rings is 1. The summed E-state index contributed by atoms with van der Waals surface area (Å²) < 4.78 is 53.1. The first-order valence-electron chi connectivity index (χ1n) is 12.6. The van der Waals surface area contributed by atoms with Crippen LogP contribution in [-0.4, -0.2) is 33.0 Å². The molecule has 0 aliphatic rings. The van der Waals surface area contributed by atoms with Gasteiger partial charge in [0.05, 0.1) is 24.0 Å². The number of benzene rings is 3. The first-order chi connectivity index (χ1) is 20.1. The fourth-order valence-corrected chi connectivity index (χ4v) is 4.76. The lowest BCUT2D eigenvalue weighted by molar-refractivity contribution is -0.143. The molecule has 11 heteroatoms. The van der Waals surface area contributed by atoms with Gasteiger partial charge in [-0.3, -0.25) is 0 Å². The quantitative estimate of drug-likeness (QED) is 0.197. The van der Waals surface area contributed by atoms with Crippen molar-refractivity contribution in [2.24, 2.45) is 0 Å². The van der Waals surface area contributed by atoms with Gasteiger partial charge in [0.15, 0.2) is 11.5 Å². The third-order valence-corrected chi connectivity index (χ3v) is 6.91. The molecule has 5 rings (SSSR count). The highest BCUT2D eigenvalue weighted by atomic mass is 35.5. The van der Waals surface area contributed by atoms with Crippen molar-refractivity contribution >= 4 is 17.6 Å². The van der Waals surface area contributed by atoms with E-state index in [4.69, 9.17) is 21.1 Å². The largest absolute Gasteiger partial charge is 0.497 e. The minimum atomic E-state index is -4.96. The highest BCUT2D eigenvalue weighted by Crippen LogP contribution is 2.36. The summed E-state index contributed by atoms with van der Waals surface area (Å²) >= 11 is 6.45. The van der Waals surface area contributed by atoms with Crippen LogP contribution in [0.25, 0.3) is 28.2 Å². The van der Waals surface area contributed by atoms with Crippen LogP contribution in [0.5, 0.6) is 11.5 Å². The van der Waals surface area contributed by atoms with Crippen molar-refractivity contribution in [3.63, 3.8) is 0 Å². The molecule has 42 heavy (non-hydrogen) atoms. The summed E-state index contributed by atoms with van der Waals surface area (Å²) in [6, 6.07) is 22.9. The van der Waals surface area contributed by atoms with E-state index in [9.17, 15) is 23.1 Å². The van der Waals surface area contributed by atoms with Gasteiger partial charge in [0.2, 0.25) is 0 Å². The molecule has 2 aromatic heterocycles. The molecular formula is C31H23ClF3N3O4. The van der Waals surface area contributed by atoms with E-state index < -0.39 is 23.4 Å². The lowest BCUT2D eigenvalue weighted by Crippen LogP contribution is -2.18. The fourth-order valence-electron chi connectivity index (χ4n) is 4.48. The van der Waals surface area contributed by atoms with Crippen LogP contribution in [0.2, 0.25) is 5.02 Å². The van der Waals surface area contributed by atoms with Crippen LogP contribution in [0, 0.1) is 6.92 Å². The molecule has 0 amide bonds. The number of methoxy groups -OCH3 is 1. The van der Waals surface area contributed by atoms with Gasteiger partial charge in [0.1, 0.15) is 23.7 Å². The van der Waals surface area contributed by atoms with Gasteiger partial charge in [-0.15, -0.1) is 0 Å². The van der Waals surface area contributed by atoms with Crippen LogP contribution in [0.4, 0.5) is 13.2 Å². The van der Waals surface area contributed by atoms with Crippen LogP contribution in [-0.2, 0) is 12.8 Å². The van der Waals surface area contributed by atoms with Crippen molar-refractivity contribution in [2.45, 2.75) is 19.7 Å². The van der Waals surface area contributed by atoms with Gasteiger partial charge < -0.3 is 14.6 Å². The molecule has 0 saturated carbocycles. The molecule has 214 valence electrons. The molecule has 0 fully saturated rings. The zero-order valence-electron chi connectivity index (χ0n) is 22.3. The molecule has 3 aromatic carbocycles. The molecule has 0 unspecified atom stereocenters. The highest BCUT2D eigenvalue weighted by molar-refractivity contribution is 6.33. The average molecular weight is 594 g/mol. The first-order valence-corrected chi connectivity index (χ1v) is 13.0. The van der Waals surface area contributed by atoms with Crippen molar-refractivity contribution in [1.82, 2.24) is 14.8 Å². The number of aryl methyl sites for hydroxylation is 1. The van der Waals surface area contributed by atoms with Crippen LogP contribution in [0.15, 0.2) is 85.1 Å². The van der Waals surface area contributed by atoms with E-state index in [0.717, 1.165) is 22.3 Å². The Hall–Kier alpha value is -4.83. The molecule has 0 spiro atoms. The van der Waals surface area contributed by atoms with Crippen molar-refractivity contribution in [2.75, 3.05) is 7.11 Å². The number of hydrogen-bond acceptors (Lipinski definition) is 5. The Kier molecular flexibility index (Phi) is 7.91. The van der Waals surface area contributed by atoms with Gasteiger partial charge in [-0.05, 0) is 66.1 Å². The summed E-state index contributed by atoms with van der Waals surface area (Å²) in [6.45, 7) is 2.18. The maximum atomic E-state index is 13.8. The van der Waals surface area contributed by atoms with Crippen LogP contribution < -0.4 is 9.47 Å². The minimum Gasteiger partial charge on any atom is -0.497 e. The normalized spacial score (nSPS) is 11.4. The summed E-state index contributed by atoms with van der Waals surface area (Å²) in [7, 11) is 1.58. The Morgan fingerprint density at radius 1 is 1.00 bits per heavy atom. The van der Waals surface area contributed by atoms with Crippen LogP contribution in [0.3, 0.4) is 0 Å². The van der Waals surface area contributed by atoms with E-state index in [-0.39, 0.29) is 12.4 Å². The third kappa shape index (κ3) is 5.80. The number of aromatic nitrogens is 3. The number of rotatable bonds is 8. The van der Waals surface area contributed by atoms with E-state index in [0.29, 0.717) is 38.7 Å². The second-order valence-corrected chi connectivity index (χ2v) is 9.68. The number of ether oxygens (including phenoxy) is 2. The maximum Gasteiger partial charge on any atom is 0.434 e. The third-order valence-electron chi connectivity index (χ3n) is 6.60. The maximum absolute atomic E-state index is 13.8. The molecule has 2 heterocycles. The number of hydrogen-bond donors (Lipinski definition) is 1. The van der Waals surface area contributed by atoms with Gasteiger partial charge in [0.25, 0.3) is 0 Å². The second kappa shape index (κ2) is 11.6. The molecule has 0 radical (unpaired) electrons. The zero-order valence-corrected chi connectivity index (χ0v) is 23.1. The smallest absolute Gasteiger partial charge is 0.434 e. The molecule has 0 atom stereocenters.